The first kappa shape index (κ1) is 20.2. The van der Waals surface area contributed by atoms with Crippen LogP contribution in [-0.2, 0) is 6.18 Å². The summed E-state index contributed by atoms with van der Waals surface area (Å²) in [4.78, 5) is 6.66. The van der Waals surface area contributed by atoms with Crippen molar-refractivity contribution in [2.45, 2.75) is 35.5 Å². The number of hydrogen-bond donors (Lipinski definition) is 1. The Morgan fingerprint density at radius 3 is 2.41 bits per heavy atom. The number of pyridine rings is 1. The third kappa shape index (κ3) is 4.57. The molecule has 1 saturated heterocycles. The Morgan fingerprint density at radius 2 is 1.66 bits per heavy atom. The van der Waals surface area contributed by atoms with Gasteiger partial charge in [0, 0.05) is 18.5 Å². The number of piperidine rings is 1. The molecule has 0 bridgehead atoms. The van der Waals surface area contributed by atoms with E-state index >= 15 is 0 Å². The second-order valence-corrected chi connectivity index (χ2v) is 8.27. The summed E-state index contributed by atoms with van der Waals surface area (Å²) in [6.07, 6.45) is -3.72. The number of rotatable bonds is 4. The van der Waals surface area contributed by atoms with E-state index in [4.69, 9.17) is 0 Å². The molecule has 1 atom stereocenters. The fourth-order valence-electron chi connectivity index (χ4n) is 3.65. The van der Waals surface area contributed by atoms with Crippen LogP contribution in [0.2, 0.25) is 0 Å². The number of alkyl halides is 3. The van der Waals surface area contributed by atoms with Crippen molar-refractivity contribution in [3.05, 3.63) is 71.8 Å². The minimum Gasteiger partial charge on any atom is -0.393 e. The van der Waals surface area contributed by atoms with E-state index in [0.717, 1.165) is 17.0 Å². The molecule has 1 N–H and O–H groups in total. The third-order valence-corrected chi connectivity index (χ3v) is 6.41. The normalized spacial score (nSPS) is 17.5. The number of aliphatic hydroxyl groups excluding tert-OH is 1. The monoisotopic (exact) mass is 418 g/mol. The molecule has 3 aromatic rings. The molecule has 1 aliphatic rings. The van der Waals surface area contributed by atoms with Crippen LogP contribution < -0.4 is 0 Å². The molecule has 1 aromatic heterocycles. The number of nitrogens with zero attached hydrogens (tertiary/aromatic N) is 2. The molecule has 1 fully saturated rings. The van der Waals surface area contributed by atoms with E-state index in [-0.39, 0.29) is 5.56 Å². The van der Waals surface area contributed by atoms with Crippen molar-refractivity contribution in [1.82, 2.24) is 9.88 Å². The fourth-order valence-corrected chi connectivity index (χ4v) is 4.87. The van der Waals surface area contributed by atoms with Crippen molar-refractivity contribution < 1.29 is 18.3 Å². The van der Waals surface area contributed by atoms with Gasteiger partial charge in [-0.15, -0.1) is 0 Å². The Labute approximate surface area is 171 Å². The summed E-state index contributed by atoms with van der Waals surface area (Å²) >= 11 is 1.33. The smallest absolute Gasteiger partial charge is 0.393 e. The van der Waals surface area contributed by atoms with Crippen molar-refractivity contribution in [1.29, 1.82) is 0 Å². The van der Waals surface area contributed by atoms with Crippen molar-refractivity contribution >= 4 is 22.7 Å². The van der Waals surface area contributed by atoms with E-state index in [1.807, 2.05) is 41.3 Å². The van der Waals surface area contributed by atoms with Gasteiger partial charge in [-0.05, 0) is 36.6 Å². The number of halogens is 3. The van der Waals surface area contributed by atoms with Crippen LogP contribution in [0.5, 0.6) is 0 Å². The summed E-state index contributed by atoms with van der Waals surface area (Å²) in [5.74, 6) is 0. The van der Waals surface area contributed by atoms with Gasteiger partial charge in [0.2, 0.25) is 0 Å². The minimum atomic E-state index is -4.43. The van der Waals surface area contributed by atoms with E-state index in [9.17, 15) is 18.3 Å². The highest BCUT2D eigenvalue weighted by molar-refractivity contribution is 7.99. The molecule has 0 aliphatic carbocycles. The Balaban J connectivity index is 1.73. The fraction of sp³-hybridized carbons (Fsp3) is 0.318. The van der Waals surface area contributed by atoms with Crippen LogP contribution in [-0.4, -0.2) is 34.2 Å². The number of benzene rings is 2. The second-order valence-electron chi connectivity index (χ2n) is 7.16. The first-order valence-corrected chi connectivity index (χ1v) is 10.4. The highest BCUT2D eigenvalue weighted by Crippen LogP contribution is 2.44. The van der Waals surface area contributed by atoms with E-state index in [2.05, 4.69) is 4.98 Å². The first-order chi connectivity index (χ1) is 13.9. The maximum atomic E-state index is 13.7. The maximum absolute atomic E-state index is 13.7. The molecule has 7 heteroatoms. The highest BCUT2D eigenvalue weighted by Gasteiger charge is 2.37. The SMILES string of the molecule is OC1CCN(C(Sc2ccc3ccccc3n2)c2ccccc2C(F)(F)F)CC1. The van der Waals surface area contributed by atoms with Crippen LogP contribution in [0.25, 0.3) is 10.9 Å². The Bertz CT molecular complexity index is 987. The number of likely N-dealkylation sites (tertiary alicyclic amines) is 1. The number of para-hydroxylation sites is 1. The zero-order chi connectivity index (χ0) is 20.4. The van der Waals surface area contributed by atoms with Crippen LogP contribution in [0.4, 0.5) is 13.2 Å². The van der Waals surface area contributed by atoms with E-state index in [0.29, 0.717) is 31.0 Å². The molecule has 1 aliphatic heterocycles. The van der Waals surface area contributed by atoms with Crippen molar-refractivity contribution in [3.63, 3.8) is 0 Å². The van der Waals surface area contributed by atoms with Crippen molar-refractivity contribution in [3.8, 4) is 0 Å². The maximum Gasteiger partial charge on any atom is 0.416 e. The third-order valence-electron chi connectivity index (χ3n) is 5.17. The molecule has 2 aromatic carbocycles. The van der Waals surface area contributed by atoms with Gasteiger partial charge in [0.05, 0.1) is 27.6 Å². The summed E-state index contributed by atoms with van der Waals surface area (Å²) in [6, 6.07) is 17.2. The molecule has 2 heterocycles. The molecule has 3 nitrogen and oxygen atoms in total. The van der Waals surface area contributed by atoms with Gasteiger partial charge < -0.3 is 5.11 Å². The quantitative estimate of drug-likeness (QED) is 0.568. The van der Waals surface area contributed by atoms with E-state index in [1.54, 1.807) is 12.1 Å². The zero-order valence-electron chi connectivity index (χ0n) is 15.6. The van der Waals surface area contributed by atoms with Gasteiger partial charge in [-0.1, -0.05) is 54.2 Å². The van der Waals surface area contributed by atoms with Crippen LogP contribution in [0.1, 0.15) is 29.3 Å². The van der Waals surface area contributed by atoms with E-state index in [1.165, 1.54) is 17.8 Å². The van der Waals surface area contributed by atoms with Gasteiger partial charge in [0.1, 0.15) is 0 Å². The number of fused-ring (bicyclic) bond motifs is 1. The molecule has 0 spiro atoms. The van der Waals surface area contributed by atoms with Gasteiger partial charge in [-0.25, -0.2) is 4.98 Å². The van der Waals surface area contributed by atoms with Crippen LogP contribution in [0, 0.1) is 0 Å². The summed E-state index contributed by atoms with van der Waals surface area (Å²) in [5, 5.41) is 11.0. The van der Waals surface area contributed by atoms with Crippen LogP contribution >= 0.6 is 11.8 Å². The Kier molecular flexibility index (Phi) is 5.81. The van der Waals surface area contributed by atoms with Crippen LogP contribution in [0.15, 0.2) is 65.7 Å². The number of hydrogen-bond acceptors (Lipinski definition) is 4. The van der Waals surface area contributed by atoms with Gasteiger partial charge in [-0.3, -0.25) is 4.90 Å². The Hall–Kier alpha value is -2.09. The van der Waals surface area contributed by atoms with Crippen LogP contribution in [0.3, 0.4) is 0 Å². The van der Waals surface area contributed by atoms with Crippen molar-refractivity contribution in [2.24, 2.45) is 0 Å². The van der Waals surface area contributed by atoms with E-state index < -0.39 is 23.2 Å². The zero-order valence-corrected chi connectivity index (χ0v) is 16.5. The standard InChI is InChI=1S/C22H21F3N2OS/c23-22(24,25)18-7-3-2-6-17(18)21(27-13-11-16(28)12-14-27)29-20-10-9-15-5-1-4-8-19(15)26-20/h1-10,16,21,28H,11-14H2. The summed E-state index contributed by atoms with van der Waals surface area (Å²) in [5.41, 5.74) is 0.426. The molecule has 152 valence electrons. The lowest BCUT2D eigenvalue weighted by Gasteiger charge is -2.36. The molecular weight excluding hydrogens is 397 g/mol. The average Bonchev–Trinajstić information content (AvgIpc) is 2.72. The van der Waals surface area contributed by atoms with Crippen molar-refractivity contribution in [2.75, 3.05) is 13.1 Å². The Morgan fingerprint density at radius 1 is 0.966 bits per heavy atom. The number of thioether (sulfide) groups is 1. The molecular formula is C22H21F3N2OS. The lowest BCUT2D eigenvalue weighted by Crippen LogP contribution is -2.38. The second kappa shape index (κ2) is 8.34. The topological polar surface area (TPSA) is 36.4 Å². The van der Waals surface area contributed by atoms with Gasteiger partial charge in [-0.2, -0.15) is 13.2 Å². The molecule has 0 saturated carbocycles. The molecule has 1 unspecified atom stereocenters. The van der Waals surface area contributed by atoms with Gasteiger partial charge >= 0.3 is 6.18 Å². The summed E-state index contributed by atoms with van der Waals surface area (Å²) in [7, 11) is 0. The summed E-state index contributed by atoms with van der Waals surface area (Å²) in [6.45, 7) is 1.08. The van der Waals surface area contributed by atoms with Gasteiger partial charge in [0.25, 0.3) is 0 Å². The molecule has 0 radical (unpaired) electrons. The largest absolute Gasteiger partial charge is 0.416 e. The predicted molar refractivity (Wildman–Crippen MR) is 109 cm³/mol. The number of aromatic nitrogens is 1. The predicted octanol–water partition coefficient (Wildman–Crippen LogP) is 5.50. The minimum absolute atomic E-state index is 0.233. The lowest BCUT2D eigenvalue weighted by atomic mass is 10.0. The van der Waals surface area contributed by atoms with Gasteiger partial charge in [0.15, 0.2) is 0 Å². The number of aliphatic hydroxyl groups is 1. The molecule has 4 rings (SSSR count). The highest BCUT2D eigenvalue weighted by atomic mass is 32.2. The summed E-state index contributed by atoms with van der Waals surface area (Å²) < 4.78 is 41.1. The molecule has 0 amide bonds. The average molecular weight is 418 g/mol. The first-order valence-electron chi connectivity index (χ1n) is 9.52. The molecule has 29 heavy (non-hydrogen) atoms. The lowest BCUT2D eigenvalue weighted by molar-refractivity contribution is -0.138.